The van der Waals surface area contributed by atoms with Gasteiger partial charge in [0, 0.05) is 6.20 Å². The summed E-state index contributed by atoms with van der Waals surface area (Å²) in [5.41, 5.74) is 1.82. The van der Waals surface area contributed by atoms with Crippen LogP contribution in [0.3, 0.4) is 0 Å². The van der Waals surface area contributed by atoms with Crippen LogP contribution in [0, 0.1) is 0 Å². The molecule has 0 bridgehead atoms. The maximum absolute atomic E-state index is 12.8. The molecule has 3 heterocycles. The second kappa shape index (κ2) is 6.89. The average molecular weight is 383 g/mol. The van der Waals surface area contributed by atoms with Crippen LogP contribution in [0.4, 0.5) is 5.69 Å². The van der Waals surface area contributed by atoms with Crippen LogP contribution in [-0.4, -0.2) is 34.3 Å². The highest BCUT2D eigenvalue weighted by Crippen LogP contribution is 2.35. The molecule has 0 radical (unpaired) electrons. The number of pyridine rings is 1. The molecule has 26 heavy (non-hydrogen) atoms. The molecule has 0 spiro atoms. The summed E-state index contributed by atoms with van der Waals surface area (Å²) < 4.78 is 6.10. The fraction of sp³-hybridized carbons (Fsp3) is 0.111. The fourth-order valence-electron chi connectivity index (χ4n) is 2.74. The van der Waals surface area contributed by atoms with Gasteiger partial charge in [-0.1, -0.05) is 36.1 Å². The molecule has 130 valence electrons. The minimum Gasteiger partial charge on any atom is -0.490 e. The van der Waals surface area contributed by atoms with Crippen molar-refractivity contribution in [3.63, 3.8) is 0 Å². The number of hydrogen-bond acceptors (Lipinski definition) is 6. The number of amides is 2. The molecule has 2 amide bonds. The van der Waals surface area contributed by atoms with E-state index in [1.54, 1.807) is 41.4 Å². The van der Waals surface area contributed by atoms with Gasteiger partial charge in [-0.05, 0) is 35.9 Å². The highest BCUT2D eigenvalue weighted by atomic mass is 32.2. The van der Waals surface area contributed by atoms with Crippen molar-refractivity contribution in [3.05, 3.63) is 58.8 Å². The number of aromatic nitrogens is 1. The minimum atomic E-state index is -0.213. The predicted octanol–water partition coefficient (Wildman–Crippen LogP) is 2.61. The van der Waals surface area contributed by atoms with Crippen molar-refractivity contribution in [1.29, 1.82) is 0 Å². The Labute approximate surface area is 159 Å². The summed E-state index contributed by atoms with van der Waals surface area (Å²) in [7, 11) is 0. The Balaban J connectivity index is 1.69. The summed E-state index contributed by atoms with van der Waals surface area (Å²) in [5.74, 6) is 0.228. The van der Waals surface area contributed by atoms with Crippen molar-refractivity contribution in [1.82, 2.24) is 10.3 Å². The van der Waals surface area contributed by atoms with Crippen LogP contribution in [0.1, 0.15) is 16.1 Å². The molecular formula is C18H13N3O3S2. The van der Waals surface area contributed by atoms with Gasteiger partial charge in [0.2, 0.25) is 0 Å². The number of carbonyl (C=O) groups is 2. The summed E-state index contributed by atoms with van der Waals surface area (Å²) in [5, 5.41) is 2.59. The van der Waals surface area contributed by atoms with E-state index in [1.165, 1.54) is 11.8 Å². The van der Waals surface area contributed by atoms with Crippen LogP contribution in [-0.2, 0) is 4.79 Å². The first kappa shape index (κ1) is 16.7. The zero-order chi connectivity index (χ0) is 18.1. The zero-order valence-corrected chi connectivity index (χ0v) is 15.1. The first-order valence-electron chi connectivity index (χ1n) is 7.86. The molecular weight excluding hydrogens is 370 g/mol. The van der Waals surface area contributed by atoms with Crippen LogP contribution < -0.4 is 15.0 Å². The van der Waals surface area contributed by atoms with E-state index in [0.717, 1.165) is 5.56 Å². The van der Waals surface area contributed by atoms with Crippen molar-refractivity contribution < 1.29 is 14.3 Å². The molecule has 8 heteroatoms. The highest BCUT2D eigenvalue weighted by molar-refractivity contribution is 8.26. The number of benzene rings is 1. The molecule has 2 aliphatic rings. The number of hydrogen-bond donors (Lipinski definition) is 1. The quantitative estimate of drug-likeness (QED) is 0.635. The number of fused-ring (bicyclic) bond motifs is 1. The molecule has 1 N–H and O–H groups in total. The first-order chi connectivity index (χ1) is 12.6. The number of carbonyl (C=O) groups excluding carboxylic acids is 2. The Kier molecular flexibility index (Phi) is 4.44. The van der Waals surface area contributed by atoms with Gasteiger partial charge in [-0.2, -0.15) is 0 Å². The smallest absolute Gasteiger partial charge is 0.277 e. The SMILES string of the molecule is O=C1NC(=S)S/C1=C\c1ccc2c(c1)N(C(=O)c1ccccn1)CCO2. The van der Waals surface area contributed by atoms with Gasteiger partial charge in [-0.3, -0.25) is 14.6 Å². The van der Waals surface area contributed by atoms with Gasteiger partial charge in [-0.25, -0.2) is 0 Å². The number of thiocarbonyl (C=S) groups is 1. The Bertz CT molecular complexity index is 944. The molecule has 2 aliphatic heterocycles. The number of thioether (sulfide) groups is 1. The van der Waals surface area contributed by atoms with E-state index in [1.807, 2.05) is 12.1 Å². The van der Waals surface area contributed by atoms with Crippen LogP contribution in [0.15, 0.2) is 47.5 Å². The summed E-state index contributed by atoms with van der Waals surface area (Å²) in [4.78, 5) is 31.0. The molecule has 6 nitrogen and oxygen atoms in total. The molecule has 0 saturated carbocycles. The van der Waals surface area contributed by atoms with E-state index >= 15 is 0 Å². The molecule has 1 saturated heterocycles. The van der Waals surface area contributed by atoms with Gasteiger partial charge in [0.05, 0.1) is 17.1 Å². The topological polar surface area (TPSA) is 71.5 Å². The maximum Gasteiger partial charge on any atom is 0.277 e. The van der Waals surface area contributed by atoms with E-state index in [2.05, 4.69) is 10.3 Å². The van der Waals surface area contributed by atoms with Crippen molar-refractivity contribution in [3.8, 4) is 5.75 Å². The van der Waals surface area contributed by atoms with Gasteiger partial charge < -0.3 is 15.0 Å². The lowest BCUT2D eigenvalue weighted by molar-refractivity contribution is -0.115. The Morgan fingerprint density at radius 2 is 2.23 bits per heavy atom. The number of nitrogens with one attached hydrogen (secondary N) is 1. The second-order valence-corrected chi connectivity index (χ2v) is 7.32. The maximum atomic E-state index is 12.8. The van der Waals surface area contributed by atoms with Crippen LogP contribution in [0.2, 0.25) is 0 Å². The largest absolute Gasteiger partial charge is 0.490 e. The number of rotatable bonds is 2. The van der Waals surface area contributed by atoms with Crippen molar-refractivity contribution >= 4 is 51.9 Å². The third kappa shape index (κ3) is 3.21. The monoisotopic (exact) mass is 383 g/mol. The lowest BCUT2D eigenvalue weighted by Crippen LogP contribution is -2.38. The van der Waals surface area contributed by atoms with Gasteiger partial charge >= 0.3 is 0 Å². The van der Waals surface area contributed by atoms with Crippen molar-refractivity contribution in [2.24, 2.45) is 0 Å². The van der Waals surface area contributed by atoms with Gasteiger partial charge in [0.25, 0.3) is 11.8 Å². The third-order valence-electron chi connectivity index (χ3n) is 3.92. The number of ether oxygens (including phenoxy) is 1. The predicted molar refractivity (Wildman–Crippen MR) is 104 cm³/mol. The van der Waals surface area contributed by atoms with Gasteiger partial charge in [-0.15, -0.1) is 0 Å². The summed E-state index contributed by atoms with van der Waals surface area (Å²) >= 11 is 6.22. The molecule has 1 aromatic heterocycles. The van der Waals surface area contributed by atoms with E-state index in [-0.39, 0.29) is 11.8 Å². The third-order valence-corrected chi connectivity index (χ3v) is 5.08. The highest BCUT2D eigenvalue weighted by Gasteiger charge is 2.26. The van der Waals surface area contributed by atoms with Crippen molar-refractivity contribution in [2.75, 3.05) is 18.1 Å². The van der Waals surface area contributed by atoms with Crippen LogP contribution in [0.25, 0.3) is 6.08 Å². The summed E-state index contributed by atoms with van der Waals surface area (Å²) in [6, 6.07) is 10.7. The molecule has 1 aromatic carbocycles. The average Bonchev–Trinajstić information content (AvgIpc) is 2.98. The van der Waals surface area contributed by atoms with E-state index in [0.29, 0.717) is 39.5 Å². The normalized spacial score (nSPS) is 17.7. The van der Waals surface area contributed by atoms with E-state index in [4.69, 9.17) is 17.0 Å². The van der Waals surface area contributed by atoms with Crippen LogP contribution >= 0.6 is 24.0 Å². The minimum absolute atomic E-state index is 0.186. The lowest BCUT2D eigenvalue weighted by atomic mass is 10.1. The first-order valence-corrected chi connectivity index (χ1v) is 9.09. The van der Waals surface area contributed by atoms with Gasteiger partial charge in [0.15, 0.2) is 0 Å². The zero-order valence-electron chi connectivity index (χ0n) is 13.5. The molecule has 1 fully saturated rings. The number of nitrogens with zero attached hydrogens (tertiary/aromatic N) is 2. The molecule has 0 atom stereocenters. The number of anilines is 1. The Morgan fingerprint density at radius 1 is 1.35 bits per heavy atom. The Hall–Kier alpha value is -2.71. The fourth-order valence-corrected chi connectivity index (χ4v) is 3.78. The molecule has 0 aliphatic carbocycles. The van der Waals surface area contributed by atoms with Gasteiger partial charge in [0.1, 0.15) is 22.4 Å². The standard InChI is InChI=1S/C18H13N3O3S2/c22-16-15(26-18(25)20-16)10-11-4-5-14-13(9-11)21(7-8-24-14)17(23)12-3-1-2-6-19-12/h1-6,9-10H,7-8H2,(H,20,22,25)/b15-10-. The lowest BCUT2D eigenvalue weighted by Gasteiger charge is -2.29. The molecule has 0 unspecified atom stereocenters. The second-order valence-electron chi connectivity index (χ2n) is 5.60. The van der Waals surface area contributed by atoms with E-state index in [9.17, 15) is 9.59 Å². The molecule has 2 aromatic rings. The Morgan fingerprint density at radius 3 is 2.96 bits per heavy atom. The van der Waals surface area contributed by atoms with Crippen molar-refractivity contribution in [2.45, 2.75) is 0 Å². The molecule has 4 rings (SSSR count). The van der Waals surface area contributed by atoms with E-state index < -0.39 is 0 Å². The summed E-state index contributed by atoms with van der Waals surface area (Å²) in [6.45, 7) is 0.848. The summed E-state index contributed by atoms with van der Waals surface area (Å²) in [6.07, 6.45) is 3.34. The van der Waals surface area contributed by atoms with Crippen LogP contribution in [0.5, 0.6) is 5.75 Å².